The van der Waals surface area contributed by atoms with Crippen LogP contribution < -0.4 is 4.74 Å². The highest BCUT2D eigenvalue weighted by Gasteiger charge is 2.38. The van der Waals surface area contributed by atoms with E-state index in [4.69, 9.17) is 16.3 Å². The van der Waals surface area contributed by atoms with Gasteiger partial charge in [0, 0.05) is 6.54 Å². The normalized spacial score (nSPS) is 18.5. The van der Waals surface area contributed by atoms with Crippen LogP contribution in [-0.4, -0.2) is 31.3 Å². The molecule has 1 fully saturated rings. The third-order valence-electron chi connectivity index (χ3n) is 4.37. The van der Waals surface area contributed by atoms with E-state index in [0.29, 0.717) is 24.4 Å². The molecule has 1 aliphatic rings. The second-order valence-electron chi connectivity index (χ2n) is 6.30. The highest BCUT2D eigenvalue weighted by molar-refractivity contribution is 7.89. The van der Waals surface area contributed by atoms with Gasteiger partial charge in [0.25, 0.3) is 0 Å². The third kappa shape index (κ3) is 3.92. The average molecular weight is 394 g/mol. The van der Waals surface area contributed by atoms with Crippen LogP contribution in [0.5, 0.6) is 5.75 Å². The molecule has 3 rings (SSSR count). The van der Waals surface area contributed by atoms with Crippen molar-refractivity contribution in [2.24, 2.45) is 0 Å². The van der Waals surface area contributed by atoms with Gasteiger partial charge in [0.15, 0.2) is 0 Å². The highest BCUT2D eigenvalue weighted by atomic mass is 35.5. The molecule has 1 unspecified atom stereocenters. The maximum Gasteiger partial charge on any atom is 0.329 e. The SMILES string of the molecule is Cc1ccc(Cl)c(OC(=O)C2CCCCN2S(=O)(=O)c2ccccc2)c1. The van der Waals surface area contributed by atoms with Gasteiger partial charge in [0.1, 0.15) is 11.8 Å². The van der Waals surface area contributed by atoms with Gasteiger partial charge in [0.2, 0.25) is 10.0 Å². The predicted molar refractivity (Wildman–Crippen MR) is 99.8 cm³/mol. The monoisotopic (exact) mass is 393 g/mol. The van der Waals surface area contributed by atoms with E-state index in [0.717, 1.165) is 12.0 Å². The van der Waals surface area contributed by atoms with E-state index >= 15 is 0 Å². The van der Waals surface area contributed by atoms with Crippen molar-refractivity contribution in [1.82, 2.24) is 4.31 Å². The van der Waals surface area contributed by atoms with Crippen LogP contribution in [0.15, 0.2) is 53.4 Å². The Kier molecular flexibility index (Phi) is 5.65. The number of sulfonamides is 1. The number of esters is 1. The minimum absolute atomic E-state index is 0.174. The van der Waals surface area contributed by atoms with Crippen molar-refractivity contribution in [2.45, 2.75) is 37.1 Å². The first-order chi connectivity index (χ1) is 12.4. The second-order valence-corrected chi connectivity index (χ2v) is 8.59. The molecule has 26 heavy (non-hydrogen) atoms. The summed E-state index contributed by atoms with van der Waals surface area (Å²) in [4.78, 5) is 12.9. The fraction of sp³-hybridized carbons (Fsp3) is 0.316. The number of ether oxygens (including phenoxy) is 1. The molecular weight excluding hydrogens is 374 g/mol. The standard InChI is InChI=1S/C19H20ClNO4S/c1-14-10-11-16(20)18(13-14)25-19(22)17-9-5-6-12-21(17)26(23,24)15-7-3-2-4-8-15/h2-4,7-8,10-11,13,17H,5-6,9,12H2,1H3. The first-order valence-electron chi connectivity index (χ1n) is 8.44. The first kappa shape index (κ1) is 18.9. The largest absolute Gasteiger partial charge is 0.424 e. The number of piperidine rings is 1. The number of benzene rings is 2. The Hall–Kier alpha value is -1.89. The lowest BCUT2D eigenvalue weighted by atomic mass is 10.1. The number of halogens is 1. The Morgan fingerprint density at radius 1 is 1.15 bits per heavy atom. The lowest BCUT2D eigenvalue weighted by molar-refractivity contribution is -0.139. The molecule has 1 aliphatic heterocycles. The Morgan fingerprint density at radius 3 is 2.62 bits per heavy atom. The number of hydrogen-bond donors (Lipinski definition) is 0. The summed E-state index contributed by atoms with van der Waals surface area (Å²) in [6, 6.07) is 12.4. The second kappa shape index (κ2) is 7.78. The van der Waals surface area contributed by atoms with E-state index in [2.05, 4.69) is 0 Å². The maximum absolute atomic E-state index is 13.0. The van der Waals surface area contributed by atoms with Crippen molar-refractivity contribution in [3.63, 3.8) is 0 Å². The number of carbonyl (C=O) groups is 1. The van der Waals surface area contributed by atoms with Gasteiger partial charge < -0.3 is 4.74 Å². The molecule has 138 valence electrons. The minimum atomic E-state index is -3.77. The lowest BCUT2D eigenvalue weighted by Gasteiger charge is -2.33. The highest BCUT2D eigenvalue weighted by Crippen LogP contribution is 2.29. The molecule has 7 heteroatoms. The summed E-state index contributed by atoms with van der Waals surface area (Å²) in [6.45, 7) is 2.15. The van der Waals surface area contributed by atoms with Crippen molar-refractivity contribution < 1.29 is 17.9 Å². The van der Waals surface area contributed by atoms with E-state index in [1.807, 2.05) is 13.0 Å². The van der Waals surface area contributed by atoms with Crippen LogP contribution in [0.1, 0.15) is 24.8 Å². The molecule has 0 saturated carbocycles. The fourth-order valence-corrected chi connectivity index (χ4v) is 4.85. The molecule has 5 nitrogen and oxygen atoms in total. The van der Waals surface area contributed by atoms with E-state index in [-0.39, 0.29) is 10.6 Å². The summed E-state index contributed by atoms with van der Waals surface area (Å²) < 4.78 is 32.6. The van der Waals surface area contributed by atoms with Crippen LogP contribution in [0.2, 0.25) is 5.02 Å². The molecule has 0 spiro atoms. The molecule has 2 aromatic carbocycles. The van der Waals surface area contributed by atoms with Gasteiger partial charge in [-0.05, 0) is 56.0 Å². The number of rotatable bonds is 4. The van der Waals surface area contributed by atoms with Crippen LogP contribution in [0.3, 0.4) is 0 Å². The molecule has 0 radical (unpaired) electrons. The predicted octanol–water partition coefficient (Wildman–Crippen LogP) is 3.80. The van der Waals surface area contributed by atoms with Gasteiger partial charge in [-0.15, -0.1) is 0 Å². The minimum Gasteiger partial charge on any atom is -0.424 e. The number of nitrogens with zero attached hydrogens (tertiary/aromatic N) is 1. The Balaban J connectivity index is 1.87. The van der Waals surface area contributed by atoms with Crippen LogP contribution in [-0.2, 0) is 14.8 Å². The average Bonchev–Trinajstić information content (AvgIpc) is 2.65. The van der Waals surface area contributed by atoms with Crippen molar-refractivity contribution in [2.75, 3.05) is 6.54 Å². The molecule has 1 heterocycles. The topological polar surface area (TPSA) is 63.7 Å². The van der Waals surface area contributed by atoms with E-state index < -0.39 is 22.0 Å². The summed E-state index contributed by atoms with van der Waals surface area (Å²) in [5.74, 6) is -0.351. The fourth-order valence-electron chi connectivity index (χ4n) is 3.02. The summed E-state index contributed by atoms with van der Waals surface area (Å²) in [6.07, 6.45) is 1.90. The Labute approximate surface area is 158 Å². The zero-order valence-electron chi connectivity index (χ0n) is 14.4. The van der Waals surface area contributed by atoms with Crippen LogP contribution in [0, 0.1) is 6.92 Å². The third-order valence-corrected chi connectivity index (χ3v) is 6.61. The molecule has 2 aromatic rings. The van der Waals surface area contributed by atoms with Crippen molar-refractivity contribution in [3.05, 3.63) is 59.1 Å². The number of carbonyl (C=O) groups excluding carboxylic acids is 1. The molecule has 1 saturated heterocycles. The van der Waals surface area contributed by atoms with Gasteiger partial charge in [-0.25, -0.2) is 13.2 Å². The van der Waals surface area contributed by atoms with Gasteiger partial charge in [0.05, 0.1) is 9.92 Å². The molecule has 0 bridgehead atoms. The Morgan fingerprint density at radius 2 is 1.88 bits per heavy atom. The maximum atomic E-state index is 13.0. The summed E-state index contributed by atoms with van der Waals surface area (Å²) in [5.41, 5.74) is 0.898. The lowest BCUT2D eigenvalue weighted by Crippen LogP contribution is -2.49. The van der Waals surface area contributed by atoms with E-state index in [1.54, 1.807) is 30.3 Å². The van der Waals surface area contributed by atoms with Crippen LogP contribution in [0.25, 0.3) is 0 Å². The van der Waals surface area contributed by atoms with Crippen molar-refractivity contribution in [1.29, 1.82) is 0 Å². The van der Waals surface area contributed by atoms with Crippen LogP contribution >= 0.6 is 11.6 Å². The van der Waals surface area contributed by atoms with Gasteiger partial charge in [-0.2, -0.15) is 4.31 Å². The Bertz CT molecular complexity index is 899. The van der Waals surface area contributed by atoms with Gasteiger partial charge in [-0.3, -0.25) is 0 Å². The smallest absolute Gasteiger partial charge is 0.329 e. The molecule has 0 aliphatic carbocycles. The number of aryl methyl sites for hydroxylation is 1. The summed E-state index contributed by atoms with van der Waals surface area (Å²) >= 11 is 6.09. The quantitative estimate of drug-likeness (QED) is 0.585. The molecule has 0 N–H and O–H groups in total. The van der Waals surface area contributed by atoms with E-state index in [1.165, 1.54) is 16.4 Å². The summed E-state index contributed by atoms with van der Waals surface area (Å²) in [5, 5.41) is 0.317. The van der Waals surface area contributed by atoms with Crippen molar-refractivity contribution in [3.8, 4) is 5.75 Å². The zero-order valence-corrected chi connectivity index (χ0v) is 16.0. The van der Waals surface area contributed by atoms with Crippen molar-refractivity contribution >= 4 is 27.6 Å². The molecule has 1 atom stereocenters. The van der Waals surface area contributed by atoms with Gasteiger partial charge >= 0.3 is 5.97 Å². The summed E-state index contributed by atoms with van der Waals surface area (Å²) in [7, 11) is -3.77. The van der Waals surface area contributed by atoms with Gasteiger partial charge in [-0.1, -0.05) is 35.9 Å². The molecule has 0 aromatic heterocycles. The first-order valence-corrected chi connectivity index (χ1v) is 10.3. The number of hydrogen-bond acceptors (Lipinski definition) is 4. The molecule has 0 amide bonds. The zero-order chi connectivity index (χ0) is 18.7. The van der Waals surface area contributed by atoms with Crippen LogP contribution in [0.4, 0.5) is 0 Å². The van der Waals surface area contributed by atoms with E-state index in [9.17, 15) is 13.2 Å². The molecular formula is C19H20ClNO4S.